The third-order valence-electron chi connectivity index (χ3n) is 6.45. The summed E-state index contributed by atoms with van der Waals surface area (Å²) < 4.78 is 18.4. The van der Waals surface area contributed by atoms with Crippen LogP contribution in [0.5, 0.6) is 5.75 Å². The topological polar surface area (TPSA) is 56.8 Å². The molecular weight excluding hydrogens is 377 g/mol. The van der Waals surface area contributed by atoms with Gasteiger partial charge in [-0.25, -0.2) is 0 Å². The van der Waals surface area contributed by atoms with E-state index in [1.54, 1.807) is 0 Å². The van der Waals surface area contributed by atoms with Crippen LogP contribution in [0.1, 0.15) is 62.9 Å². The molecule has 1 saturated carbocycles. The Balaban J connectivity index is 1.58. The molecule has 0 aromatic heterocycles. The summed E-state index contributed by atoms with van der Waals surface area (Å²) in [5, 5.41) is 3.12. The molecule has 0 radical (unpaired) electrons. The molecule has 2 aliphatic rings. The van der Waals surface area contributed by atoms with Crippen LogP contribution in [-0.2, 0) is 15.9 Å². The Kier molecular flexibility index (Phi) is 5.64. The normalized spacial score (nSPS) is 19.9. The number of hydrogen-bond acceptors (Lipinski definition) is 4. The minimum atomic E-state index is -0.520. The van der Waals surface area contributed by atoms with Gasteiger partial charge in [-0.15, -0.1) is 0 Å². The maximum Gasteiger partial charge on any atom is 0.494 e. The van der Waals surface area contributed by atoms with Gasteiger partial charge in [0.05, 0.1) is 16.8 Å². The van der Waals surface area contributed by atoms with Crippen molar-refractivity contribution in [3.8, 4) is 5.75 Å². The molecule has 1 heterocycles. The molecule has 4 rings (SSSR count). The maximum absolute atomic E-state index is 13.0. The molecule has 1 saturated heterocycles. The number of carbonyl (C=O) groups is 1. The van der Waals surface area contributed by atoms with E-state index in [4.69, 9.17) is 14.0 Å². The molecule has 158 valence electrons. The second-order valence-corrected chi connectivity index (χ2v) is 9.22. The number of benzene rings is 2. The molecule has 0 bridgehead atoms. The zero-order valence-corrected chi connectivity index (χ0v) is 18.2. The molecule has 1 N–H and O–H groups in total. The van der Waals surface area contributed by atoms with Crippen LogP contribution >= 0.6 is 0 Å². The van der Waals surface area contributed by atoms with Gasteiger partial charge in [-0.1, -0.05) is 36.4 Å². The Hall–Kier alpha value is -2.31. The van der Waals surface area contributed by atoms with Gasteiger partial charge in [-0.2, -0.15) is 0 Å². The second kappa shape index (κ2) is 8.08. The van der Waals surface area contributed by atoms with Gasteiger partial charge in [0.25, 0.3) is 5.91 Å². The van der Waals surface area contributed by atoms with Crippen LogP contribution < -0.4 is 15.5 Å². The van der Waals surface area contributed by atoms with Crippen molar-refractivity contribution < 1.29 is 18.8 Å². The summed E-state index contributed by atoms with van der Waals surface area (Å²) in [6, 6.07) is 15.8. The van der Waals surface area contributed by atoms with Gasteiger partial charge in [0.2, 0.25) is 0 Å². The Morgan fingerprint density at radius 3 is 2.33 bits per heavy atom. The first-order valence-electron chi connectivity index (χ1n) is 10.7. The lowest BCUT2D eigenvalue weighted by Crippen LogP contribution is -2.41. The van der Waals surface area contributed by atoms with Crippen molar-refractivity contribution in [1.29, 1.82) is 0 Å². The number of ether oxygens (including phenoxy) is 1. The van der Waals surface area contributed by atoms with Crippen LogP contribution in [0.2, 0.25) is 0 Å². The summed E-state index contributed by atoms with van der Waals surface area (Å²) in [6.07, 6.45) is 3.22. The molecule has 2 aromatic rings. The summed E-state index contributed by atoms with van der Waals surface area (Å²) in [4.78, 5) is 13.0. The fourth-order valence-corrected chi connectivity index (χ4v) is 3.53. The number of nitrogens with one attached hydrogen (secondary N) is 1. The molecule has 30 heavy (non-hydrogen) atoms. The van der Waals surface area contributed by atoms with Gasteiger partial charge in [0.1, 0.15) is 12.4 Å². The van der Waals surface area contributed by atoms with Crippen molar-refractivity contribution in [3.05, 3.63) is 59.7 Å². The maximum atomic E-state index is 13.0. The lowest BCUT2D eigenvalue weighted by Gasteiger charge is -2.32. The fourth-order valence-electron chi connectivity index (χ4n) is 3.53. The van der Waals surface area contributed by atoms with Crippen molar-refractivity contribution in [2.45, 2.75) is 70.8 Å². The van der Waals surface area contributed by atoms with Crippen molar-refractivity contribution in [3.63, 3.8) is 0 Å². The van der Waals surface area contributed by atoms with Crippen molar-refractivity contribution >= 4 is 18.5 Å². The van der Waals surface area contributed by atoms with Crippen LogP contribution in [-0.4, -0.2) is 30.3 Å². The van der Waals surface area contributed by atoms with Crippen LogP contribution in [0.3, 0.4) is 0 Å². The van der Waals surface area contributed by atoms with Crippen molar-refractivity contribution in [1.82, 2.24) is 5.32 Å². The summed E-state index contributed by atoms with van der Waals surface area (Å²) in [6.45, 7) is 8.49. The van der Waals surface area contributed by atoms with E-state index in [1.165, 1.54) is 0 Å². The number of carbonyl (C=O) groups excluding carboxylic acids is 1. The minimum Gasteiger partial charge on any atom is -0.488 e. The van der Waals surface area contributed by atoms with Crippen LogP contribution in [0.25, 0.3) is 0 Å². The summed E-state index contributed by atoms with van der Waals surface area (Å²) in [7, 11) is -0.520. The fraction of sp³-hybridized carbons (Fsp3) is 0.458. The van der Waals surface area contributed by atoms with E-state index < -0.39 is 18.3 Å². The number of amides is 1. The van der Waals surface area contributed by atoms with E-state index in [9.17, 15) is 4.79 Å². The summed E-state index contributed by atoms with van der Waals surface area (Å²) in [5.41, 5.74) is 1.52. The molecule has 0 atom stereocenters. The van der Waals surface area contributed by atoms with Crippen LogP contribution in [0.4, 0.5) is 0 Å². The second-order valence-electron chi connectivity index (χ2n) is 9.22. The van der Waals surface area contributed by atoms with E-state index in [-0.39, 0.29) is 11.9 Å². The smallest absolute Gasteiger partial charge is 0.488 e. The molecule has 1 amide bonds. The SMILES string of the molecule is CC1(C)OB(c2ccc(OCc3ccccc3)c(C(=O)NC3CCC3)c2)OC1(C)C. The Bertz CT molecular complexity index is 893. The largest absolute Gasteiger partial charge is 0.494 e. The predicted molar refractivity (Wildman–Crippen MR) is 118 cm³/mol. The predicted octanol–water partition coefficient (Wildman–Crippen LogP) is 3.85. The van der Waals surface area contributed by atoms with Crippen molar-refractivity contribution in [2.24, 2.45) is 0 Å². The highest BCUT2D eigenvalue weighted by atomic mass is 16.7. The van der Waals surface area contributed by atoms with Gasteiger partial charge in [0.15, 0.2) is 0 Å². The van der Waals surface area contributed by atoms with Gasteiger partial charge in [-0.05, 0) is 70.1 Å². The zero-order chi connectivity index (χ0) is 21.4. The van der Waals surface area contributed by atoms with Gasteiger partial charge >= 0.3 is 7.12 Å². The molecule has 5 nitrogen and oxygen atoms in total. The molecule has 2 fully saturated rings. The lowest BCUT2D eigenvalue weighted by atomic mass is 9.78. The third kappa shape index (κ3) is 4.25. The Labute approximate surface area is 179 Å². The van der Waals surface area contributed by atoms with Gasteiger partial charge in [-0.3, -0.25) is 4.79 Å². The average Bonchev–Trinajstić information content (AvgIpc) is 2.91. The van der Waals surface area contributed by atoms with Crippen LogP contribution in [0, 0.1) is 0 Å². The molecule has 1 aliphatic carbocycles. The first kappa shape index (κ1) is 20.9. The third-order valence-corrected chi connectivity index (χ3v) is 6.45. The first-order chi connectivity index (χ1) is 14.2. The monoisotopic (exact) mass is 407 g/mol. The number of rotatable bonds is 6. The van der Waals surface area contributed by atoms with Crippen molar-refractivity contribution in [2.75, 3.05) is 0 Å². The van der Waals surface area contributed by atoms with E-state index >= 15 is 0 Å². The molecule has 0 spiro atoms. The Morgan fingerprint density at radius 2 is 1.73 bits per heavy atom. The Morgan fingerprint density at radius 1 is 1.07 bits per heavy atom. The highest BCUT2D eigenvalue weighted by Crippen LogP contribution is 2.36. The standard InChI is InChI=1S/C24H30BNO4/c1-23(2)24(3,4)30-25(29-23)18-13-14-21(28-16-17-9-6-5-7-10-17)20(15-18)22(27)26-19-11-8-12-19/h5-7,9-10,13-15,19H,8,11-12,16H2,1-4H3,(H,26,27). The van der Waals surface area contributed by atoms with E-state index in [1.807, 2.05) is 76.2 Å². The molecule has 1 aliphatic heterocycles. The first-order valence-corrected chi connectivity index (χ1v) is 10.7. The minimum absolute atomic E-state index is 0.110. The molecule has 0 unspecified atom stereocenters. The highest BCUT2D eigenvalue weighted by Gasteiger charge is 2.51. The number of hydrogen-bond donors (Lipinski definition) is 1. The van der Waals surface area contributed by atoms with Gasteiger partial charge < -0.3 is 19.4 Å². The van der Waals surface area contributed by atoms with E-state index in [0.29, 0.717) is 17.9 Å². The van der Waals surface area contributed by atoms with Gasteiger partial charge in [0, 0.05) is 6.04 Å². The van der Waals surface area contributed by atoms with Crippen LogP contribution in [0.15, 0.2) is 48.5 Å². The summed E-state index contributed by atoms with van der Waals surface area (Å²) >= 11 is 0. The zero-order valence-electron chi connectivity index (χ0n) is 18.2. The highest BCUT2D eigenvalue weighted by molar-refractivity contribution is 6.62. The molecule has 6 heteroatoms. The lowest BCUT2D eigenvalue weighted by molar-refractivity contribution is 0.00578. The average molecular weight is 407 g/mol. The summed E-state index contributed by atoms with van der Waals surface area (Å²) in [5.74, 6) is 0.456. The quantitative estimate of drug-likeness (QED) is 0.740. The molecule has 2 aromatic carbocycles. The van der Waals surface area contributed by atoms with E-state index in [0.717, 1.165) is 30.3 Å². The van der Waals surface area contributed by atoms with E-state index in [2.05, 4.69) is 5.32 Å². The molecular formula is C24H30BNO4.